The number of unbranched alkanes of at least 4 members (excludes halogenated alkanes) is 1. The van der Waals surface area contributed by atoms with Crippen LogP contribution in [0.15, 0.2) is 45.6 Å². The topological polar surface area (TPSA) is 61.1 Å². The van der Waals surface area contributed by atoms with Gasteiger partial charge in [0.05, 0.1) is 5.56 Å². The maximum atomic E-state index is 12.2. The number of ether oxygens (including phenoxy) is 3. The SMILES string of the molecule is CCCCc1cc(=O)oc2c3c(ccc12)OCN(Cc1ccc2c(c1)OCO2)C3. The molecule has 0 saturated heterocycles. The van der Waals surface area contributed by atoms with Gasteiger partial charge in [-0.05, 0) is 48.2 Å². The molecule has 3 aromatic rings. The summed E-state index contributed by atoms with van der Waals surface area (Å²) in [7, 11) is 0. The fraction of sp³-hybridized carbons (Fsp3) is 0.348. The van der Waals surface area contributed by atoms with Crippen LogP contribution in [0.3, 0.4) is 0 Å². The van der Waals surface area contributed by atoms with Crippen molar-refractivity contribution in [2.75, 3.05) is 13.5 Å². The number of aryl methyl sites for hydroxylation is 1. The Bertz CT molecular complexity index is 1120. The molecule has 0 spiro atoms. The molecule has 2 aliphatic heterocycles. The lowest BCUT2D eigenvalue weighted by molar-refractivity contribution is 0.0889. The summed E-state index contributed by atoms with van der Waals surface area (Å²) in [4.78, 5) is 14.4. The summed E-state index contributed by atoms with van der Waals surface area (Å²) in [6, 6.07) is 11.6. The zero-order chi connectivity index (χ0) is 19.8. The van der Waals surface area contributed by atoms with Gasteiger partial charge in [-0.2, -0.15) is 0 Å². The molecule has 0 bridgehead atoms. The highest BCUT2D eigenvalue weighted by atomic mass is 16.7. The lowest BCUT2D eigenvalue weighted by Crippen LogP contribution is -2.31. The summed E-state index contributed by atoms with van der Waals surface area (Å²) >= 11 is 0. The molecule has 0 atom stereocenters. The predicted molar refractivity (Wildman–Crippen MR) is 108 cm³/mol. The van der Waals surface area contributed by atoms with E-state index in [1.54, 1.807) is 6.07 Å². The van der Waals surface area contributed by atoms with Crippen LogP contribution in [0.1, 0.15) is 36.5 Å². The summed E-state index contributed by atoms with van der Waals surface area (Å²) in [6.07, 6.45) is 3.00. The lowest BCUT2D eigenvalue weighted by atomic mass is 10.0. The first-order valence-corrected chi connectivity index (χ1v) is 10.0. The minimum Gasteiger partial charge on any atom is -0.478 e. The average molecular weight is 393 g/mol. The summed E-state index contributed by atoms with van der Waals surface area (Å²) in [5.74, 6) is 2.34. The van der Waals surface area contributed by atoms with E-state index >= 15 is 0 Å². The number of hydrogen-bond donors (Lipinski definition) is 0. The van der Waals surface area contributed by atoms with Crippen molar-refractivity contribution in [2.24, 2.45) is 0 Å². The highest BCUT2D eigenvalue weighted by molar-refractivity contribution is 5.85. The van der Waals surface area contributed by atoms with Crippen molar-refractivity contribution < 1.29 is 18.6 Å². The standard InChI is InChI=1S/C23H23NO5/c1-2-3-4-16-10-22(25)29-23-17(16)6-8-19-18(23)12-24(13-26-19)11-15-5-7-20-21(9-15)28-14-27-20/h5-10H,2-4,11-14H2,1H3. The maximum absolute atomic E-state index is 12.2. The first-order chi connectivity index (χ1) is 14.2. The van der Waals surface area contributed by atoms with Crippen LogP contribution in [0, 0.1) is 0 Å². The molecule has 0 unspecified atom stereocenters. The van der Waals surface area contributed by atoms with Crippen LogP contribution in [0.2, 0.25) is 0 Å². The second-order valence-corrected chi connectivity index (χ2v) is 7.56. The molecule has 0 N–H and O–H groups in total. The maximum Gasteiger partial charge on any atom is 0.336 e. The third-order valence-corrected chi connectivity index (χ3v) is 5.49. The molecule has 3 heterocycles. The van der Waals surface area contributed by atoms with E-state index in [1.807, 2.05) is 30.3 Å². The van der Waals surface area contributed by atoms with Gasteiger partial charge in [0.15, 0.2) is 11.5 Å². The third kappa shape index (κ3) is 3.44. The number of fused-ring (bicyclic) bond motifs is 4. The normalized spacial score (nSPS) is 15.3. The number of hydrogen-bond acceptors (Lipinski definition) is 6. The highest BCUT2D eigenvalue weighted by Crippen LogP contribution is 2.35. The molecule has 6 heteroatoms. The first-order valence-electron chi connectivity index (χ1n) is 10.0. The van der Waals surface area contributed by atoms with Crippen molar-refractivity contribution in [3.05, 3.63) is 63.5 Å². The van der Waals surface area contributed by atoms with Crippen LogP contribution in [-0.4, -0.2) is 18.4 Å². The molecule has 0 amide bonds. The molecule has 5 rings (SSSR count). The van der Waals surface area contributed by atoms with Gasteiger partial charge in [-0.1, -0.05) is 19.4 Å². The summed E-state index contributed by atoms with van der Waals surface area (Å²) in [5, 5.41) is 1.00. The summed E-state index contributed by atoms with van der Waals surface area (Å²) < 4.78 is 22.5. The van der Waals surface area contributed by atoms with E-state index in [1.165, 1.54) is 0 Å². The van der Waals surface area contributed by atoms with Gasteiger partial charge in [0.25, 0.3) is 0 Å². The highest BCUT2D eigenvalue weighted by Gasteiger charge is 2.23. The molecule has 2 aromatic carbocycles. The van der Waals surface area contributed by atoms with Crippen LogP contribution in [0.25, 0.3) is 11.0 Å². The van der Waals surface area contributed by atoms with Crippen molar-refractivity contribution in [3.63, 3.8) is 0 Å². The van der Waals surface area contributed by atoms with Crippen LogP contribution >= 0.6 is 0 Å². The van der Waals surface area contributed by atoms with Crippen molar-refractivity contribution in [3.8, 4) is 17.2 Å². The van der Waals surface area contributed by atoms with Crippen LogP contribution in [0.5, 0.6) is 17.2 Å². The van der Waals surface area contributed by atoms with Gasteiger partial charge in [-0.25, -0.2) is 4.79 Å². The Kier molecular flexibility index (Phi) is 4.64. The van der Waals surface area contributed by atoms with E-state index in [9.17, 15) is 4.79 Å². The van der Waals surface area contributed by atoms with E-state index in [0.717, 1.165) is 58.6 Å². The van der Waals surface area contributed by atoms with E-state index in [0.29, 0.717) is 25.4 Å². The zero-order valence-corrected chi connectivity index (χ0v) is 16.4. The second kappa shape index (κ2) is 7.44. The Morgan fingerprint density at radius 3 is 2.76 bits per heavy atom. The van der Waals surface area contributed by atoms with E-state index in [4.69, 9.17) is 18.6 Å². The molecule has 150 valence electrons. The summed E-state index contributed by atoms with van der Waals surface area (Å²) in [6.45, 7) is 4.25. The van der Waals surface area contributed by atoms with Gasteiger partial charge in [-0.15, -0.1) is 0 Å². The molecule has 2 aliphatic rings. The van der Waals surface area contributed by atoms with Gasteiger partial charge >= 0.3 is 5.63 Å². The summed E-state index contributed by atoms with van der Waals surface area (Å²) in [5.41, 5.74) is 3.45. The van der Waals surface area contributed by atoms with Gasteiger partial charge in [0.2, 0.25) is 6.79 Å². The quantitative estimate of drug-likeness (QED) is 0.605. The molecule has 0 fully saturated rings. The number of benzene rings is 2. The van der Waals surface area contributed by atoms with Crippen LogP contribution in [-0.2, 0) is 19.5 Å². The minimum atomic E-state index is -0.301. The Morgan fingerprint density at radius 2 is 1.86 bits per heavy atom. The zero-order valence-electron chi connectivity index (χ0n) is 16.4. The lowest BCUT2D eigenvalue weighted by Gasteiger charge is -2.29. The van der Waals surface area contributed by atoms with Crippen molar-refractivity contribution in [2.45, 2.75) is 39.3 Å². The molecule has 29 heavy (non-hydrogen) atoms. The minimum absolute atomic E-state index is 0.268. The Labute approximate surface area is 168 Å². The Hall–Kier alpha value is -2.99. The van der Waals surface area contributed by atoms with Crippen molar-refractivity contribution >= 4 is 11.0 Å². The van der Waals surface area contributed by atoms with Crippen LogP contribution in [0.4, 0.5) is 0 Å². The fourth-order valence-electron chi connectivity index (χ4n) is 4.02. The molecule has 1 aromatic heterocycles. The third-order valence-electron chi connectivity index (χ3n) is 5.49. The average Bonchev–Trinajstić information content (AvgIpc) is 3.20. The monoisotopic (exact) mass is 393 g/mol. The molecule has 0 radical (unpaired) electrons. The van der Waals surface area contributed by atoms with Gasteiger partial charge < -0.3 is 18.6 Å². The molecular weight excluding hydrogens is 370 g/mol. The smallest absolute Gasteiger partial charge is 0.336 e. The fourth-order valence-corrected chi connectivity index (χ4v) is 4.02. The number of rotatable bonds is 5. The molecule has 6 nitrogen and oxygen atoms in total. The number of nitrogens with zero attached hydrogens (tertiary/aromatic N) is 1. The largest absolute Gasteiger partial charge is 0.478 e. The predicted octanol–water partition coefficient (Wildman–Crippen LogP) is 4.22. The van der Waals surface area contributed by atoms with E-state index in [2.05, 4.69) is 11.8 Å². The van der Waals surface area contributed by atoms with E-state index in [-0.39, 0.29) is 12.4 Å². The van der Waals surface area contributed by atoms with E-state index < -0.39 is 0 Å². The van der Waals surface area contributed by atoms with Gasteiger partial charge in [0.1, 0.15) is 18.1 Å². The van der Waals surface area contributed by atoms with Gasteiger partial charge in [-0.3, -0.25) is 4.90 Å². The second-order valence-electron chi connectivity index (χ2n) is 7.56. The molecular formula is C23H23NO5. The van der Waals surface area contributed by atoms with Gasteiger partial charge in [0, 0.05) is 24.5 Å². The van der Waals surface area contributed by atoms with Crippen molar-refractivity contribution in [1.82, 2.24) is 4.90 Å². The first kappa shape index (κ1) is 18.1. The van der Waals surface area contributed by atoms with Crippen molar-refractivity contribution in [1.29, 1.82) is 0 Å². The Morgan fingerprint density at radius 1 is 1.00 bits per heavy atom. The molecule has 0 saturated carbocycles. The van der Waals surface area contributed by atoms with Crippen LogP contribution < -0.4 is 19.8 Å². The Balaban J connectivity index is 1.45. The molecule has 0 aliphatic carbocycles.